The highest BCUT2D eigenvalue weighted by Gasteiger charge is 2.09. The summed E-state index contributed by atoms with van der Waals surface area (Å²) >= 11 is 5.43. The minimum Gasteiger partial charge on any atom is -0.314 e. The Morgan fingerprint density at radius 1 is 1.38 bits per heavy atom. The van der Waals surface area contributed by atoms with E-state index in [1.807, 2.05) is 0 Å². The van der Waals surface area contributed by atoms with E-state index in [4.69, 9.17) is 16.8 Å². The molecule has 1 aromatic carbocycles. The number of benzene rings is 1. The molecule has 13 heavy (non-hydrogen) atoms. The maximum absolute atomic E-state index is 13.0. The zero-order chi connectivity index (χ0) is 10.0. The van der Waals surface area contributed by atoms with Gasteiger partial charge in [-0.2, -0.15) is 5.06 Å². The van der Waals surface area contributed by atoms with Crippen LogP contribution >= 0.6 is 11.6 Å². The number of rotatable bonds is 2. The maximum Gasteiger partial charge on any atom is 0.144 e. The summed E-state index contributed by atoms with van der Waals surface area (Å²) in [6.07, 6.45) is 0. The second-order valence-corrected chi connectivity index (χ2v) is 3.08. The molecule has 0 aliphatic carbocycles. The molecule has 0 heterocycles. The van der Waals surface area contributed by atoms with Gasteiger partial charge in [0.2, 0.25) is 0 Å². The van der Waals surface area contributed by atoms with Crippen molar-refractivity contribution in [3.8, 4) is 0 Å². The van der Waals surface area contributed by atoms with Crippen LogP contribution in [0.3, 0.4) is 0 Å². The van der Waals surface area contributed by atoms with Crippen molar-refractivity contribution >= 4 is 11.6 Å². The fourth-order valence-electron chi connectivity index (χ4n) is 0.931. The summed E-state index contributed by atoms with van der Waals surface area (Å²) in [4.78, 5) is 0. The van der Waals surface area contributed by atoms with Crippen LogP contribution in [-0.4, -0.2) is 17.3 Å². The van der Waals surface area contributed by atoms with Gasteiger partial charge in [-0.15, -0.1) is 0 Å². The molecule has 1 aromatic rings. The molecule has 0 aliphatic rings. The van der Waals surface area contributed by atoms with Crippen molar-refractivity contribution in [3.05, 3.63) is 34.4 Å². The lowest BCUT2D eigenvalue weighted by Gasteiger charge is -2.09. The monoisotopic (exact) mass is 207 g/mol. The Kier molecular flexibility index (Phi) is 3.19. The Morgan fingerprint density at radius 2 is 2.00 bits per heavy atom. The van der Waals surface area contributed by atoms with E-state index >= 15 is 0 Å². The normalized spacial score (nSPS) is 10.9. The molecule has 0 saturated heterocycles. The molecule has 72 valence electrons. The van der Waals surface area contributed by atoms with Crippen molar-refractivity contribution in [1.82, 2.24) is 5.06 Å². The van der Waals surface area contributed by atoms with Gasteiger partial charge in [-0.25, -0.2) is 8.78 Å². The quantitative estimate of drug-likeness (QED) is 0.595. The first-order valence-corrected chi connectivity index (χ1v) is 3.92. The molecule has 0 fully saturated rings. The Bertz CT molecular complexity index is 317. The van der Waals surface area contributed by atoms with Crippen molar-refractivity contribution in [1.29, 1.82) is 0 Å². The van der Waals surface area contributed by atoms with Gasteiger partial charge in [-0.1, -0.05) is 11.6 Å². The molecule has 0 spiro atoms. The Labute approximate surface area is 79.3 Å². The first-order chi connectivity index (χ1) is 6.00. The summed E-state index contributed by atoms with van der Waals surface area (Å²) < 4.78 is 25.6. The van der Waals surface area contributed by atoms with Gasteiger partial charge in [-0.05, 0) is 6.07 Å². The van der Waals surface area contributed by atoms with Crippen molar-refractivity contribution in [2.45, 2.75) is 6.54 Å². The molecule has 5 heteroatoms. The summed E-state index contributed by atoms with van der Waals surface area (Å²) in [6.45, 7) is -0.0359. The Morgan fingerprint density at radius 3 is 2.54 bits per heavy atom. The molecule has 1 rings (SSSR count). The van der Waals surface area contributed by atoms with Crippen LogP contribution in [0.5, 0.6) is 0 Å². The van der Waals surface area contributed by atoms with Crippen LogP contribution in [0.4, 0.5) is 8.78 Å². The average molecular weight is 208 g/mol. The highest BCUT2D eigenvalue weighted by Crippen LogP contribution is 2.19. The molecule has 2 nitrogen and oxygen atoms in total. The van der Waals surface area contributed by atoms with Crippen LogP contribution in [0.15, 0.2) is 12.1 Å². The van der Waals surface area contributed by atoms with Gasteiger partial charge in [-0.3, -0.25) is 0 Å². The van der Waals surface area contributed by atoms with E-state index in [9.17, 15) is 8.78 Å². The van der Waals surface area contributed by atoms with Crippen molar-refractivity contribution in [2.75, 3.05) is 7.05 Å². The van der Waals surface area contributed by atoms with Crippen molar-refractivity contribution < 1.29 is 14.0 Å². The lowest BCUT2D eigenvalue weighted by atomic mass is 10.2. The molecular weight excluding hydrogens is 200 g/mol. The molecule has 0 unspecified atom stereocenters. The highest BCUT2D eigenvalue weighted by atomic mass is 35.5. The molecule has 0 radical (unpaired) electrons. The van der Waals surface area contributed by atoms with Crippen LogP contribution < -0.4 is 0 Å². The van der Waals surface area contributed by atoms with E-state index in [1.54, 1.807) is 0 Å². The number of nitrogens with zero attached hydrogens (tertiary/aromatic N) is 1. The maximum atomic E-state index is 13.0. The largest absolute Gasteiger partial charge is 0.314 e. The summed E-state index contributed by atoms with van der Waals surface area (Å²) in [7, 11) is 1.36. The second-order valence-electron chi connectivity index (χ2n) is 2.67. The predicted octanol–water partition coefficient (Wildman–Crippen LogP) is 2.44. The molecule has 0 amide bonds. The van der Waals surface area contributed by atoms with Gasteiger partial charge in [0.15, 0.2) is 0 Å². The zero-order valence-corrected chi connectivity index (χ0v) is 7.65. The molecule has 0 saturated carbocycles. The lowest BCUT2D eigenvalue weighted by molar-refractivity contribution is -0.0738. The van der Waals surface area contributed by atoms with Crippen molar-refractivity contribution in [2.24, 2.45) is 0 Å². The van der Waals surface area contributed by atoms with Gasteiger partial charge < -0.3 is 5.21 Å². The summed E-state index contributed by atoms with van der Waals surface area (Å²) in [5, 5.41) is 9.45. The van der Waals surface area contributed by atoms with E-state index in [0.717, 1.165) is 11.1 Å². The highest BCUT2D eigenvalue weighted by molar-refractivity contribution is 6.30. The van der Waals surface area contributed by atoms with E-state index < -0.39 is 11.6 Å². The fraction of sp³-hybridized carbons (Fsp3) is 0.250. The second kappa shape index (κ2) is 4.00. The molecular formula is C8H8ClF2NO. The number of hydrogen-bond donors (Lipinski definition) is 1. The van der Waals surface area contributed by atoms with Gasteiger partial charge in [0.25, 0.3) is 0 Å². The molecule has 0 bridgehead atoms. The molecule has 0 aliphatic heterocycles. The summed E-state index contributed by atoms with van der Waals surface area (Å²) in [6, 6.07) is 1.85. The number of hydroxylamine groups is 2. The first kappa shape index (κ1) is 10.4. The standard InChI is InChI=1S/C8H8ClF2NO/c1-12(13)4-5-2-6(9)8(11)3-7(5)10/h2-3,13H,4H2,1H3. The third-order valence-electron chi connectivity index (χ3n) is 1.49. The number of hydrogen-bond acceptors (Lipinski definition) is 2. The van der Waals surface area contributed by atoms with Crippen LogP contribution in [0.25, 0.3) is 0 Å². The van der Waals surface area contributed by atoms with Gasteiger partial charge in [0.05, 0.1) is 11.6 Å². The van der Waals surface area contributed by atoms with Gasteiger partial charge in [0.1, 0.15) is 11.6 Å². The summed E-state index contributed by atoms with van der Waals surface area (Å²) in [5.41, 5.74) is 0.149. The molecule has 0 atom stereocenters. The van der Waals surface area contributed by atoms with Gasteiger partial charge in [0, 0.05) is 18.7 Å². The lowest BCUT2D eigenvalue weighted by Crippen LogP contribution is -2.13. The average Bonchev–Trinajstić information content (AvgIpc) is 1.99. The third-order valence-corrected chi connectivity index (χ3v) is 1.78. The number of halogens is 3. The van der Waals surface area contributed by atoms with Crippen LogP contribution in [-0.2, 0) is 6.54 Å². The predicted molar refractivity (Wildman–Crippen MR) is 44.6 cm³/mol. The van der Waals surface area contributed by atoms with E-state index in [2.05, 4.69) is 0 Å². The minimum atomic E-state index is -0.802. The Hall–Kier alpha value is -0.710. The fourth-order valence-corrected chi connectivity index (χ4v) is 1.12. The smallest absolute Gasteiger partial charge is 0.144 e. The van der Waals surface area contributed by atoms with Crippen LogP contribution in [0.1, 0.15) is 5.56 Å². The van der Waals surface area contributed by atoms with Crippen molar-refractivity contribution in [3.63, 3.8) is 0 Å². The van der Waals surface area contributed by atoms with E-state index in [0.29, 0.717) is 6.07 Å². The molecule has 1 N–H and O–H groups in total. The SMILES string of the molecule is CN(O)Cc1cc(Cl)c(F)cc1F. The topological polar surface area (TPSA) is 23.5 Å². The minimum absolute atomic E-state index is 0.0359. The van der Waals surface area contributed by atoms with Crippen LogP contribution in [0.2, 0.25) is 5.02 Å². The summed E-state index contributed by atoms with van der Waals surface area (Å²) in [5.74, 6) is -1.52. The van der Waals surface area contributed by atoms with E-state index in [-0.39, 0.29) is 17.1 Å². The van der Waals surface area contributed by atoms with E-state index in [1.165, 1.54) is 7.05 Å². The zero-order valence-electron chi connectivity index (χ0n) is 6.89. The van der Waals surface area contributed by atoms with Gasteiger partial charge >= 0.3 is 0 Å². The Balaban J connectivity index is 3.01. The van der Waals surface area contributed by atoms with Crippen LogP contribution in [0, 0.1) is 11.6 Å². The first-order valence-electron chi connectivity index (χ1n) is 3.54. The molecule has 0 aromatic heterocycles. The third kappa shape index (κ3) is 2.62.